The molecule has 0 aliphatic heterocycles. The number of rotatable bonds is 4. The van der Waals surface area contributed by atoms with E-state index >= 15 is 0 Å². The molecule has 1 aromatic carbocycles. The molecule has 0 aromatic heterocycles. The summed E-state index contributed by atoms with van der Waals surface area (Å²) in [5, 5.41) is 2.82. The first kappa shape index (κ1) is 12.9. The Morgan fingerprint density at radius 1 is 1.33 bits per heavy atom. The Morgan fingerprint density at radius 2 is 1.94 bits per heavy atom. The molecule has 0 saturated heterocycles. The van der Waals surface area contributed by atoms with Crippen LogP contribution in [0.3, 0.4) is 0 Å². The number of benzene rings is 1. The predicted molar refractivity (Wildman–Crippen MR) is 72.3 cm³/mol. The van der Waals surface area contributed by atoms with Crippen molar-refractivity contribution in [2.24, 2.45) is 0 Å². The first-order valence-corrected chi connectivity index (χ1v) is 6.47. The Kier molecular flexibility index (Phi) is 4.20. The summed E-state index contributed by atoms with van der Waals surface area (Å²) < 4.78 is 5.73. The number of hydrogen-bond donors (Lipinski definition) is 2. The smallest absolute Gasteiger partial charge is 0.253 e. The van der Waals surface area contributed by atoms with Crippen LogP contribution in [0.1, 0.15) is 32.6 Å². The van der Waals surface area contributed by atoms with E-state index in [0.29, 0.717) is 5.69 Å². The van der Waals surface area contributed by atoms with Crippen molar-refractivity contribution in [3.05, 3.63) is 24.3 Å². The molecule has 4 heteroatoms. The van der Waals surface area contributed by atoms with Crippen LogP contribution >= 0.6 is 0 Å². The zero-order valence-corrected chi connectivity index (χ0v) is 10.7. The lowest BCUT2D eigenvalue weighted by atomic mass is 10.2. The van der Waals surface area contributed by atoms with E-state index in [-0.39, 0.29) is 12.0 Å². The van der Waals surface area contributed by atoms with Gasteiger partial charge in [0.05, 0.1) is 6.10 Å². The van der Waals surface area contributed by atoms with Crippen LogP contribution in [0.2, 0.25) is 0 Å². The highest BCUT2D eigenvalue weighted by molar-refractivity contribution is 5.94. The second-order valence-electron chi connectivity index (χ2n) is 4.80. The fourth-order valence-corrected chi connectivity index (χ4v) is 2.19. The zero-order chi connectivity index (χ0) is 13.0. The molecule has 1 saturated carbocycles. The minimum atomic E-state index is -0.411. The molecule has 1 aliphatic carbocycles. The van der Waals surface area contributed by atoms with Gasteiger partial charge < -0.3 is 15.8 Å². The molecule has 0 spiro atoms. The van der Waals surface area contributed by atoms with Gasteiger partial charge in [-0.3, -0.25) is 4.79 Å². The number of amides is 1. The third kappa shape index (κ3) is 3.47. The molecule has 1 atom stereocenters. The fourth-order valence-electron chi connectivity index (χ4n) is 2.19. The van der Waals surface area contributed by atoms with Gasteiger partial charge in [0.25, 0.3) is 5.91 Å². The fraction of sp³-hybridized carbons (Fsp3) is 0.500. The topological polar surface area (TPSA) is 64.3 Å². The number of anilines is 2. The van der Waals surface area contributed by atoms with Gasteiger partial charge in [0, 0.05) is 11.4 Å². The summed E-state index contributed by atoms with van der Waals surface area (Å²) in [7, 11) is 0. The lowest BCUT2D eigenvalue weighted by molar-refractivity contribution is -0.129. The largest absolute Gasteiger partial charge is 0.399 e. The van der Waals surface area contributed by atoms with Crippen LogP contribution in [0, 0.1) is 0 Å². The Bertz CT molecular complexity index is 397. The number of hydrogen-bond acceptors (Lipinski definition) is 3. The van der Waals surface area contributed by atoms with Crippen molar-refractivity contribution in [3.63, 3.8) is 0 Å². The van der Waals surface area contributed by atoms with Gasteiger partial charge in [-0.2, -0.15) is 0 Å². The Balaban J connectivity index is 1.84. The Morgan fingerprint density at radius 3 is 2.56 bits per heavy atom. The van der Waals surface area contributed by atoms with Crippen molar-refractivity contribution in [1.29, 1.82) is 0 Å². The van der Waals surface area contributed by atoms with Crippen molar-refractivity contribution in [3.8, 4) is 0 Å². The van der Waals surface area contributed by atoms with E-state index in [1.165, 1.54) is 12.8 Å². The van der Waals surface area contributed by atoms with Crippen molar-refractivity contribution < 1.29 is 9.53 Å². The van der Waals surface area contributed by atoms with Crippen molar-refractivity contribution in [2.45, 2.75) is 44.8 Å². The van der Waals surface area contributed by atoms with E-state index < -0.39 is 6.10 Å². The van der Waals surface area contributed by atoms with Crippen molar-refractivity contribution in [2.75, 3.05) is 11.1 Å². The van der Waals surface area contributed by atoms with E-state index in [4.69, 9.17) is 10.5 Å². The Labute approximate surface area is 108 Å². The molecule has 0 bridgehead atoms. The maximum absolute atomic E-state index is 11.9. The van der Waals surface area contributed by atoms with Gasteiger partial charge in [-0.25, -0.2) is 0 Å². The van der Waals surface area contributed by atoms with Crippen LogP contribution in [0.4, 0.5) is 11.4 Å². The maximum atomic E-state index is 11.9. The molecule has 1 amide bonds. The summed E-state index contributed by atoms with van der Waals surface area (Å²) >= 11 is 0. The highest BCUT2D eigenvalue weighted by atomic mass is 16.5. The average Bonchev–Trinajstić information content (AvgIpc) is 2.85. The summed E-state index contributed by atoms with van der Waals surface area (Å²) in [6.07, 6.45) is 4.38. The zero-order valence-electron chi connectivity index (χ0n) is 10.7. The highest BCUT2D eigenvalue weighted by Gasteiger charge is 2.22. The standard InChI is InChI=1S/C14H20N2O2/c1-10(18-13-4-2-3-5-13)14(17)16-12-8-6-11(15)7-9-12/h6-10,13H,2-5,15H2,1H3,(H,16,17). The summed E-state index contributed by atoms with van der Waals surface area (Å²) in [6, 6.07) is 7.10. The van der Waals surface area contributed by atoms with E-state index in [9.17, 15) is 4.79 Å². The molecule has 0 radical (unpaired) electrons. The molecular formula is C14H20N2O2. The van der Waals surface area contributed by atoms with Gasteiger partial charge in [-0.1, -0.05) is 12.8 Å². The van der Waals surface area contributed by atoms with Crippen LogP contribution in [0.5, 0.6) is 0 Å². The van der Waals surface area contributed by atoms with Crippen molar-refractivity contribution >= 4 is 17.3 Å². The molecule has 1 unspecified atom stereocenters. The van der Waals surface area contributed by atoms with Crippen LogP contribution in [-0.2, 0) is 9.53 Å². The van der Waals surface area contributed by atoms with Gasteiger partial charge >= 0.3 is 0 Å². The number of carbonyl (C=O) groups excluding carboxylic acids is 1. The average molecular weight is 248 g/mol. The SMILES string of the molecule is CC(OC1CCCC1)C(=O)Nc1ccc(N)cc1. The van der Waals surface area contributed by atoms with Crippen LogP contribution < -0.4 is 11.1 Å². The minimum absolute atomic E-state index is 0.105. The maximum Gasteiger partial charge on any atom is 0.253 e. The molecule has 1 aromatic rings. The monoisotopic (exact) mass is 248 g/mol. The van der Waals surface area contributed by atoms with Crippen LogP contribution in [0.15, 0.2) is 24.3 Å². The summed E-state index contributed by atoms with van der Waals surface area (Å²) in [5.74, 6) is -0.105. The Hall–Kier alpha value is -1.55. The molecule has 4 nitrogen and oxygen atoms in total. The van der Waals surface area contributed by atoms with Crippen molar-refractivity contribution in [1.82, 2.24) is 0 Å². The van der Waals surface area contributed by atoms with Gasteiger partial charge in [-0.05, 0) is 44.0 Å². The molecule has 1 fully saturated rings. The second-order valence-corrected chi connectivity index (χ2v) is 4.80. The number of ether oxygens (including phenoxy) is 1. The predicted octanol–water partition coefficient (Wildman–Crippen LogP) is 2.56. The second kappa shape index (κ2) is 5.87. The van der Waals surface area contributed by atoms with E-state index in [1.54, 1.807) is 31.2 Å². The van der Waals surface area contributed by atoms with Gasteiger partial charge in [0.1, 0.15) is 6.10 Å². The first-order valence-electron chi connectivity index (χ1n) is 6.47. The molecule has 0 heterocycles. The molecule has 18 heavy (non-hydrogen) atoms. The van der Waals surface area contributed by atoms with Crippen LogP contribution in [0.25, 0.3) is 0 Å². The quantitative estimate of drug-likeness (QED) is 0.805. The molecular weight excluding hydrogens is 228 g/mol. The lowest BCUT2D eigenvalue weighted by Crippen LogP contribution is -2.30. The molecule has 2 rings (SSSR count). The van der Waals surface area contributed by atoms with Gasteiger partial charge in [0.2, 0.25) is 0 Å². The summed E-state index contributed by atoms with van der Waals surface area (Å²) in [4.78, 5) is 11.9. The first-order chi connectivity index (χ1) is 8.65. The number of nitrogen functional groups attached to an aromatic ring is 1. The van der Waals surface area contributed by atoms with E-state index in [0.717, 1.165) is 18.5 Å². The molecule has 98 valence electrons. The van der Waals surface area contributed by atoms with E-state index in [1.807, 2.05) is 0 Å². The summed E-state index contributed by atoms with van der Waals surface area (Å²) in [5.41, 5.74) is 7.02. The normalized spacial score (nSPS) is 17.6. The van der Waals surface area contributed by atoms with Gasteiger partial charge in [-0.15, -0.1) is 0 Å². The lowest BCUT2D eigenvalue weighted by Gasteiger charge is -2.18. The highest BCUT2D eigenvalue weighted by Crippen LogP contribution is 2.22. The number of nitrogens with one attached hydrogen (secondary N) is 1. The summed E-state index contributed by atoms with van der Waals surface area (Å²) in [6.45, 7) is 1.80. The molecule has 3 N–H and O–H groups in total. The molecule has 1 aliphatic rings. The van der Waals surface area contributed by atoms with Gasteiger partial charge in [0.15, 0.2) is 0 Å². The van der Waals surface area contributed by atoms with E-state index in [2.05, 4.69) is 5.32 Å². The number of nitrogens with two attached hydrogens (primary N) is 1. The minimum Gasteiger partial charge on any atom is -0.399 e. The number of carbonyl (C=O) groups is 1. The third-order valence-corrected chi connectivity index (χ3v) is 3.25. The third-order valence-electron chi connectivity index (χ3n) is 3.25. The van der Waals surface area contributed by atoms with Crippen LogP contribution in [-0.4, -0.2) is 18.1 Å².